The lowest BCUT2D eigenvalue weighted by molar-refractivity contribution is 0.308. The molecule has 92 valence electrons. The number of nitrogens with two attached hydrogens (primary N) is 2. The third-order valence-electron chi connectivity index (χ3n) is 1.70. The van der Waals surface area contributed by atoms with E-state index in [-0.39, 0.29) is 29.8 Å². The standard InChI is InChI=1S/C6H6N10O2/c7-1-2-16(6-4(9)12-18-14-6)15-10-5-3(8)11-17-13-5/h2H2,(H2,8,11)(H2,9,12). The SMILES string of the molecule is N#CCN(N=Nc1nonc1N)c1nonc1N. The summed E-state index contributed by atoms with van der Waals surface area (Å²) in [5, 5.41) is 30.5. The van der Waals surface area contributed by atoms with Crippen molar-refractivity contribution in [3.8, 4) is 6.07 Å². The predicted octanol–water partition coefficient (Wildman–Crippen LogP) is -0.354. The smallest absolute Gasteiger partial charge is 0.263 e. The van der Waals surface area contributed by atoms with Gasteiger partial charge in [-0.05, 0) is 20.6 Å². The first kappa shape index (κ1) is 11.3. The van der Waals surface area contributed by atoms with Crippen LogP contribution in [0.15, 0.2) is 19.6 Å². The van der Waals surface area contributed by atoms with Crippen LogP contribution in [-0.4, -0.2) is 27.2 Å². The van der Waals surface area contributed by atoms with Crippen LogP contribution in [0, 0.1) is 11.3 Å². The topological polar surface area (TPSA) is 182 Å². The molecule has 2 heterocycles. The lowest BCUT2D eigenvalue weighted by atomic mass is 10.6. The molecule has 0 saturated heterocycles. The Morgan fingerprint density at radius 2 is 1.89 bits per heavy atom. The van der Waals surface area contributed by atoms with Crippen molar-refractivity contribution in [2.45, 2.75) is 0 Å². The average molecular weight is 250 g/mol. The Kier molecular flexibility index (Phi) is 2.96. The van der Waals surface area contributed by atoms with Gasteiger partial charge in [-0.3, -0.25) is 0 Å². The molecule has 0 saturated carbocycles. The lowest BCUT2D eigenvalue weighted by Crippen LogP contribution is -2.17. The molecular formula is C6H6N10O2. The Balaban J connectivity index is 2.23. The lowest BCUT2D eigenvalue weighted by Gasteiger charge is -2.08. The minimum Gasteiger partial charge on any atom is -0.378 e. The van der Waals surface area contributed by atoms with E-state index in [0.717, 1.165) is 5.01 Å². The Morgan fingerprint density at radius 3 is 2.44 bits per heavy atom. The summed E-state index contributed by atoms with van der Waals surface area (Å²) < 4.78 is 8.70. The fourth-order valence-electron chi connectivity index (χ4n) is 0.942. The van der Waals surface area contributed by atoms with E-state index in [0.29, 0.717) is 0 Å². The average Bonchev–Trinajstić information content (AvgIpc) is 2.94. The van der Waals surface area contributed by atoms with Gasteiger partial charge in [0.25, 0.3) is 5.82 Å². The molecule has 0 unspecified atom stereocenters. The van der Waals surface area contributed by atoms with Crippen molar-refractivity contribution >= 4 is 23.3 Å². The molecule has 0 aliphatic heterocycles. The second-order valence-electron chi connectivity index (χ2n) is 2.85. The molecule has 0 aromatic carbocycles. The zero-order valence-electron chi connectivity index (χ0n) is 8.76. The van der Waals surface area contributed by atoms with E-state index >= 15 is 0 Å². The van der Waals surface area contributed by atoms with Gasteiger partial charge in [-0.1, -0.05) is 5.22 Å². The van der Waals surface area contributed by atoms with Gasteiger partial charge in [0.05, 0.1) is 6.07 Å². The molecule has 2 rings (SSSR count). The minimum absolute atomic E-state index is 0.0320. The highest BCUT2D eigenvalue weighted by molar-refractivity contribution is 5.56. The fourth-order valence-corrected chi connectivity index (χ4v) is 0.942. The first-order valence-corrected chi connectivity index (χ1v) is 4.44. The predicted molar refractivity (Wildman–Crippen MR) is 54.9 cm³/mol. The summed E-state index contributed by atoms with van der Waals surface area (Å²) in [4.78, 5) is 0. The molecule has 0 radical (unpaired) electrons. The van der Waals surface area contributed by atoms with Gasteiger partial charge in [0, 0.05) is 0 Å². The summed E-state index contributed by atoms with van der Waals surface area (Å²) in [6, 6.07) is 1.84. The van der Waals surface area contributed by atoms with E-state index in [9.17, 15) is 0 Å². The number of nitriles is 1. The second-order valence-corrected chi connectivity index (χ2v) is 2.85. The highest BCUT2D eigenvalue weighted by Crippen LogP contribution is 2.20. The number of rotatable bonds is 4. The molecule has 4 N–H and O–H groups in total. The summed E-state index contributed by atoms with van der Waals surface area (Å²) >= 11 is 0. The van der Waals surface area contributed by atoms with Crippen molar-refractivity contribution in [3.05, 3.63) is 0 Å². The van der Waals surface area contributed by atoms with Crippen LogP contribution < -0.4 is 16.5 Å². The molecule has 0 aliphatic rings. The van der Waals surface area contributed by atoms with Crippen molar-refractivity contribution < 1.29 is 9.26 Å². The molecule has 0 atom stereocenters. The molecule has 0 aliphatic carbocycles. The van der Waals surface area contributed by atoms with Crippen molar-refractivity contribution in [3.63, 3.8) is 0 Å². The summed E-state index contributed by atoms with van der Waals surface area (Å²) in [6.45, 7) is -0.174. The summed E-state index contributed by atoms with van der Waals surface area (Å²) in [6.07, 6.45) is 0. The van der Waals surface area contributed by atoms with Crippen LogP contribution in [0.1, 0.15) is 0 Å². The van der Waals surface area contributed by atoms with Crippen LogP contribution in [0.4, 0.5) is 23.3 Å². The van der Waals surface area contributed by atoms with E-state index < -0.39 is 0 Å². The molecule has 12 nitrogen and oxygen atoms in total. The Hall–Kier alpha value is -3.23. The number of anilines is 3. The Morgan fingerprint density at radius 1 is 1.17 bits per heavy atom. The second kappa shape index (κ2) is 4.74. The minimum atomic E-state index is -0.174. The van der Waals surface area contributed by atoms with E-state index in [1.165, 1.54) is 0 Å². The van der Waals surface area contributed by atoms with Gasteiger partial charge in [-0.15, -0.1) is 5.11 Å². The Bertz CT molecular complexity index is 594. The highest BCUT2D eigenvalue weighted by atomic mass is 16.6. The molecule has 18 heavy (non-hydrogen) atoms. The molecule has 2 aromatic heterocycles. The third kappa shape index (κ3) is 2.14. The molecule has 2 aromatic rings. The third-order valence-corrected chi connectivity index (χ3v) is 1.70. The largest absolute Gasteiger partial charge is 0.378 e. The number of aromatic nitrogens is 4. The van der Waals surface area contributed by atoms with E-state index in [1.54, 1.807) is 0 Å². The number of nitrogen functional groups attached to an aromatic ring is 2. The van der Waals surface area contributed by atoms with Gasteiger partial charge in [0.1, 0.15) is 6.54 Å². The van der Waals surface area contributed by atoms with Gasteiger partial charge in [0.15, 0.2) is 0 Å². The molecule has 0 bridgehead atoms. The van der Waals surface area contributed by atoms with Crippen molar-refractivity contribution in [1.82, 2.24) is 20.6 Å². The number of hydrogen-bond donors (Lipinski definition) is 2. The van der Waals surface area contributed by atoms with Crippen LogP contribution in [0.25, 0.3) is 0 Å². The van der Waals surface area contributed by atoms with Crippen molar-refractivity contribution in [1.29, 1.82) is 5.26 Å². The maximum Gasteiger partial charge on any atom is 0.263 e. The van der Waals surface area contributed by atoms with Crippen LogP contribution >= 0.6 is 0 Å². The zero-order chi connectivity index (χ0) is 13.0. The monoisotopic (exact) mass is 250 g/mol. The first-order chi connectivity index (χ1) is 8.72. The summed E-state index contributed by atoms with van der Waals surface area (Å²) in [5.41, 5.74) is 10.8. The van der Waals surface area contributed by atoms with Gasteiger partial charge < -0.3 is 11.5 Å². The van der Waals surface area contributed by atoms with Crippen molar-refractivity contribution in [2.75, 3.05) is 23.0 Å². The zero-order valence-corrected chi connectivity index (χ0v) is 8.76. The molecule has 0 amide bonds. The Labute approximate surface area is 98.7 Å². The summed E-state index contributed by atoms with van der Waals surface area (Å²) in [7, 11) is 0. The van der Waals surface area contributed by atoms with Crippen LogP contribution in [0.2, 0.25) is 0 Å². The normalized spacial score (nSPS) is 10.6. The van der Waals surface area contributed by atoms with E-state index in [2.05, 4.69) is 40.2 Å². The highest BCUT2D eigenvalue weighted by Gasteiger charge is 2.15. The maximum atomic E-state index is 8.65. The number of hydrogen-bond acceptors (Lipinski definition) is 11. The van der Waals surface area contributed by atoms with E-state index in [4.69, 9.17) is 16.7 Å². The van der Waals surface area contributed by atoms with Gasteiger partial charge in [-0.2, -0.15) is 5.26 Å². The van der Waals surface area contributed by atoms with Gasteiger partial charge in [-0.25, -0.2) is 14.3 Å². The molecule has 0 spiro atoms. The van der Waals surface area contributed by atoms with Crippen LogP contribution in [-0.2, 0) is 0 Å². The van der Waals surface area contributed by atoms with Crippen molar-refractivity contribution in [2.24, 2.45) is 10.3 Å². The van der Waals surface area contributed by atoms with E-state index in [1.807, 2.05) is 6.07 Å². The maximum absolute atomic E-state index is 8.65. The van der Waals surface area contributed by atoms with Gasteiger partial charge in [0.2, 0.25) is 17.5 Å². The number of nitrogens with zero attached hydrogens (tertiary/aromatic N) is 8. The molecule has 0 fully saturated rings. The van der Waals surface area contributed by atoms with Crippen LogP contribution in [0.5, 0.6) is 0 Å². The molecule has 12 heteroatoms. The van der Waals surface area contributed by atoms with Crippen LogP contribution in [0.3, 0.4) is 0 Å². The first-order valence-electron chi connectivity index (χ1n) is 4.44. The van der Waals surface area contributed by atoms with Gasteiger partial charge >= 0.3 is 0 Å². The summed E-state index contributed by atoms with van der Waals surface area (Å²) in [5.74, 6) is -0.0550. The fraction of sp³-hybridized carbons (Fsp3) is 0.167. The molecular weight excluding hydrogens is 244 g/mol. The quantitative estimate of drug-likeness (QED) is 0.412.